The van der Waals surface area contributed by atoms with Gasteiger partial charge in [-0.15, -0.1) is 0 Å². The number of rotatable bonds is 9. The van der Waals surface area contributed by atoms with Crippen molar-refractivity contribution in [3.8, 4) is 5.75 Å². The minimum Gasteiger partial charge on any atom is -0.492 e. The van der Waals surface area contributed by atoms with Crippen molar-refractivity contribution in [3.05, 3.63) is 40.8 Å². The number of amides is 1. The molecule has 0 aliphatic carbocycles. The van der Waals surface area contributed by atoms with Crippen LogP contribution in [0, 0.1) is 19.8 Å². The summed E-state index contributed by atoms with van der Waals surface area (Å²) < 4.78 is 18.0. The SMILES string of the molecule is Cc1cc(C2=NC3=NC(OC(C)C)=CC(OC(C)C)C3C(=O)N2)cc(C)c1OCCN1CCCC1. The van der Waals surface area contributed by atoms with Gasteiger partial charge < -0.3 is 19.5 Å². The highest BCUT2D eigenvalue weighted by Gasteiger charge is 2.40. The predicted molar refractivity (Wildman–Crippen MR) is 137 cm³/mol. The summed E-state index contributed by atoms with van der Waals surface area (Å²) in [6.07, 6.45) is 3.73. The van der Waals surface area contributed by atoms with Crippen LogP contribution in [0.25, 0.3) is 0 Å². The molecule has 1 aromatic rings. The number of benzene rings is 1. The van der Waals surface area contributed by atoms with E-state index >= 15 is 0 Å². The standard InChI is InChI=1S/C27H38N4O4/c1-16(2)34-21-15-22(35-17(3)4)28-26-23(21)27(32)30-25(29-26)20-13-18(5)24(19(6)14-20)33-12-11-31-9-7-8-10-31/h13-17,21,23H,7-12H2,1-6H3,(H,28,29,30,32). The van der Waals surface area contributed by atoms with E-state index in [-0.39, 0.29) is 18.1 Å². The summed E-state index contributed by atoms with van der Waals surface area (Å²) in [5, 5.41) is 2.98. The average molecular weight is 483 g/mol. The first-order valence-electron chi connectivity index (χ1n) is 12.7. The lowest BCUT2D eigenvalue weighted by atomic mass is 9.94. The molecule has 2 atom stereocenters. The second-order valence-corrected chi connectivity index (χ2v) is 10.1. The molecule has 1 aromatic carbocycles. The summed E-state index contributed by atoms with van der Waals surface area (Å²) in [4.78, 5) is 24.9. The van der Waals surface area contributed by atoms with Crippen LogP contribution >= 0.6 is 0 Å². The molecule has 0 aromatic heterocycles. The second-order valence-electron chi connectivity index (χ2n) is 10.1. The van der Waals surface area contributed by atoms with Gasteiger partial charge in [-0.1, -0.05) is 0 Å². The molecule has 2 unspecified atom stereocenters. The van der Waals surface area contributed by atoms with Crippen LogP contribution in [-0.2, 0) is 14.3 Å². The highest BCUT2D eigenvalue weighted by molar-refractivity contribution is 6.22. The number of hydrogen-bond donors (Lipinski definition) is 1. The zero-order valence-corrected chi connectivity index (χ0v) is 21.8. The normalized spacial score (nSPS) is 22.5. The van der Waals surface area contributed by atoms with Crippen molar-refractivity contribution in [1.82, 2.24) is 10.2 Å². The second kappa shape index (κ2) is 10.9. The van der Waals surface area contributed by atoms with Gasteiger partial charge >= 0.3 is 0 Å². The number of aliphatic imine (C=N–C) groups is 2. The number of ether oxygens (including phenoxy) is 3. The van der Waals surface area contributed by atoms with Crippen LogP contribution in [0.5, 0.6) is 5.75 Å². The lowest BCUT2D eigenvalue weighted by molar-refractivity contribution is -0.125. The number of likely N-dealkylation sites (tertiary alicyclic amines) is 1. The maximum Gasteiger partial charge on any atom is 0.239 e. The summed E-state index contributed by atoms with van der Waals surface area (Å²) in [6, 6.07) is 4.01. The first kappa shape index (κ1) is 25.4. The molecular formula is C27H38N4O4. The largest absolute Gasteiger partial charge is 0.492 e. The maximum absolute atomic E-state index is 13.2. The Balaban J connectivity index is 1.57. The van der Waals surface area contributed by atoms with E-state index < -0.39 is 12.0 Å². The number of nitrogens with one attached hydrogen (secondary N) is 1. The summed E-state index contributed by atoms with van der Waals surface area (Å²) in [5.74, 6) is 1.42. The van der Waals surface area contributed by atoms with Crippen molar-refractivity contribution < 1.29 is 19.0 Å². The smallest absolute Gasteiger partial charge is 0.239 e. The minimum absolute atomic E-state index is 0.0500. The Hall–Kier alpha value is -2.71. The molecule has 3 aliphatic rings. The molecule has 0 saturated carbocycles. The first-order valence-corrected chi connectivity index (χ1v) is 12.7. The molecule has 35 heavy (non-hydrogen) atoms. The quantitative estimate of drug-likeness (QED) is 0.580. The minimum atomic E-state index is -0.615. The number of hydrogen-bond acceptors (Lipinski definition) is 7. The van der Waals surface area contributed by atoms with Gasteiger partial charge in [0.25, 0.3) is 0 Å². The Bertz CT molecular complexity index is 1010. The highest BCUT2D eigenvalue weighted by atomic mass is 16.5. The zero-order valence-electron chi connectivity index (χ0n) is 21.8. The number of nitrogens with zero attached hydrogens (tertiary/aromatic N) is 3. The number of carbonyl (C=O) groups excluding carboxylic acids is 1. The molecule has 0 bridgehead atoms. The van der Waals surface area contributed by atoms with Crippen LogP contribution < -0.4 is 10.1 Å². The van der Waals surface area contributed by atoms with E-state index in [1.165, 1.54) is 12.8 Å². The molecule has 8 heteroatoms. The van der Waals surface area contributed by atoms with Crippen molar-refractivity contribution in [3.63, 3.8) is 0 Å². The molecule has 4 rings (SSSR count). The van der Waals surface area contributed by atoms with Crippen LogP contribution in [0.15, 0.2) is 34.1 Å². The molecule has 1 N–H and O–H groups in total. The summed E-state index contributed by atoms with van der Waals surface area (Å²) in [7, 11) is 0. The molecular weight excluding hydrogens is 444 g/mol. The average Bonchev–Trinajstić information content (AvgIpc) is 3.27. The predicted octanol–water partition coefficient (Wildman–Crippen LogP) is 3.74. The summed E-state index contributed by atoms with van der Waals surface area (Å²) >= 11 is 0. The van der Waals surface area contributed by atoms with Gasteiger partial charge in [0.2, 0.25) is 11.8 Å². The van der Waals surface area contributed by atoms with Crippen LogP contribution in [0.2, 0.25) is 0 Å². The molecule has 8 nitrogen and oxygen atoms in total. The number of amidine groups is 2. The van der Waals surface area contributed by atoms with E-state index in [9.17, 15) is 4.79 Å². The van der Waals surface area contributed by atoms with Crippen LogP contribution in [0.3, 0.4) is 0 Å². The van der Waals surface area contributed by atoms with E-state index in [1.807, 2.05) is 53.7 Å². The van der Waals surface area contributed by atoms with Crippen molar-refractivity contribution in [2.24, 2.45) is 15.9 Å². The number of aryl methyl sites for hydroxylation is 2. The Kier molecular flexibility index (Phi) is 7.91. The molecule has 3 heterocycles. The van der Waals surface area contributed by atoms with Crippen molar-refractivity contribution >= 4 is 17.6 Å². The Morgan fingerprint density at radius 3 is 2.37 bits per heavy atom. The monoisotopic (exact) mass is 482 g/mol. The van der Waals surface area contributed by atoms with E-state index in [4.69, 9.17) is 19.2 Å². The third kappa shape index (κ3) is 6.11. The van der Waals surface area contributed by atoms with E-state index in [0.29, 0.717) is 24.2 Å². The highest BCUT2D eigenvalue weighted by Crippen LogP contribution is 2.29. The van der Waals surface area contributed by atoms with Gasteiger partial charge in [-0.2, -0.15) is 4.99 Å². The fraction of sp³-hybridized carbons (Fsp3) is 0.593. The van der Waals surface area contributed by atoms with Crippen molar-refractivity contribution in [2.75, 3.05) is 26.2 Å². The number of carbonyl (C=O) groups is 1. The van der Waals surface area contributed by atoms with E-state index in [2.05, 4.69) is 15.2 Å². The molecule has 1 amide bonds. The lowest BCUT2D eigenvalue weighted by Gasteiger charge is -2.32. The van der Waals surface area contributed by atoms with Gasteiger partial charge in [-0.3, -0.25) is 9.69 Å². The topological polar surface area (TPSA) is 84.8 Å². The van der Waals surface area contributed by atoms with Crippen LogP contribution in [-0.4, -0.2) is 67.0 Å². The molecule has 1 saturated heterocycles. The van der Waals surface area contributed by atoms with Gasteiger partial charge in [0.05, 0.1) is 12.2 Å². The molecule has 0 spiro atoms. The third-order valence-electron chi connectivity index (χ3n) is 6.26. The Morgan fingerprint density at radius 1 is 1.06 bits per heavy atom. The molecule has 0 radical (unpaired) electrons. The molecule has 1 fully saturated rings. The van der Waals surface area contributed by atoms with E-state index in [0.717, 1.165) is 42.1 Å². The van der Waals surface area contributed by atoms with Crippen LogP contribution in [0.1, 0.15) is 57.2 Å². The van der Waals surface area contributed by atoms with Crippen molar-refractivity contribution in [2.45, 2.75) is 72.7 Å². The van der Waals surface area contributed by atoms with Gasteiger partial charge in [-0.05, 0) is 90.7 Å². The number of fused-ring (bicyclic) bond motifs is 1. The van der Waals surface area contributed by atoms with E-state index in [1.54, 1.807) is 6.08 Å². The van der Waals surface area contributed by atoms with Crippen molar-refractivity contribution in [1.29, 1.82) is 0 Å². The lowest BCUT2D eigenvalue weighted by Crippen LogP contribution is -2.50. The Morgan fingerprint density at radius 2 is 1.74 bits per heavy atom. The fourth-order valence-corrected chi connectivity index (χ4v) is 4.77. The maximum atomic E-state index is 13.2. The first-order chi connectivity index (χ1) is 16.7. The zero-order chi connectivity index (χ0) is 25.1. The Labute approximate surface area is 208 Å². The molecule has 190 valence electrons. The summed E-state index contributed by atoms with van der Waals surface area (Å²) in [6.45, 7) is 15.7. The van der Waals surface area contributed by atoms with Gasteiger partial charge in [0.1, 0.15) is 36.0 Å². The fourth-order valence-electron chi connectivity index (χ4n) is 4.77. The van der Waals surface area contributed by atoms with Gasteiger partial charge in [-0.25, -0.2) is 4.99 Å². The van der Waals surface area contributed by atoms with Gasteiger partial charge in [0, 0.05) is 18.2 Å². The van der Waals surface area contributed by atoms with Crippen LogP contribution in [0.4, 0.5) is 0 Å². The third-order valence-corrected chi connectivity index (χ3v) is 6.26. The summed E-state index contributed by atoms with van der Waals surface area (Å²) in [5.41, 5.74) is 2.84. The molecule has 3 aliphatic heterocycles. The van der Waals surface area contributed by atoms with Gasteiger partial charge in [0.15, 0.2) is 0 Å².